The molecule has 1 aliphatic rings. The summed E-state index contributed by atoms with van der Waals surface area (Å²) in [5.41, 5.74) is 0.472. The number of anilines is 1. The van der Waals surface area contributed by atoms with Crippen molar-refractivity contribution in [2.45, 2.75) is 26.1 Å². The van der Waals surface area contributed by atoms with Crippen LogP contribution in [0.2, 0.25) is 0 Å². The number of imidazole rings is 1. The summed E-state index contributed by atoms with van der Waals surface area (Å²) in [6, 6.07) is 4.75. The fourth-order valence-corrected chi connectivity index (χ4v) is 2.77. The Morgan fingerprint density at radius 1 is 1.48 bits per heavy atom. The van der Waals surface area contributed by atoms with Gasteiger partial charge in [0.2, 0.25) is 0 Å². The molecule has 3 rings (SSSR count). The van der Waals surface area contributed by atoms with Gasteiger partial charge in [0.25, 0.3) is 0 Å². The van der Waals surface area contributed by atoms with Crippen LogP contribution in [-0.4, -0.2) is 37.6 Å². The highest BCUT2D eigenvalue weighted by Crippen LogP contribution is 2.22. The van der Waals surface area contributed by atoms with Gasteiger partial charge in [0.1, 0.15) is 11.9 Å². The number of benzene rings is 1. The number of carbonyl (C=O) groups excluding carboxylic acids is 1. The first kappa shape index (κ1) is 16.4. The van der Waals surface area contributed by atoms with E-state index in [1.54, 1.807) is 10.6 Å². The van der Waals surface area contributed by atoms with E-state index in [0.29, 0.717) is 12.2 Å². The topological polar surface area (TPSA) is 111 Å². The molecule has 0 saturated carbocycles. The number of halogens is 1. The molecule has 128 valence electrons. The van der Waals surface area contributed by atoms with E-state index in [1.807, 2.05) is 6.92 Å². The Hall–Kier alpha value is -3.41. The smallest absolute Gasteiger partial charge is 0.356 e. The van der Waals surface area contributed by atoms with Gasteiger partial charge in [-0.05, 0) is 25.1 Å². The number of aromatic carboxylic acids is 1. The van der Waals surface area contributed by atoms with Gasteiger partial charge in [-0.2, -0.15) is 5.26 Å². The van der Waals surface area contributed by atoms with E-state index in [9.17, 15) is 19.1 Å². The molecule has 0 spiro atoms. The molecule has 1 aromatic carbocycles. The van der Waals surface area contributed by atoms with Crippen molar-refractivity contribution in [3.8, 4) is 6.07 Å². The fourth-order valence-electron chi connectivity index (χ4n) is 2.77. The number of rotatable bonds is 2. The maximum atomic E-state index is 13.4. The zero-order valence-electron chi connectivity index (χ0n) is 13.2. The quantitative estimate of drug-likeness (QED) is 0.866. The number of hydrogen-bond donors (Lipinski definition) is 2. The molecule has 9 heteroatoms. The summed E-state index contributed by atoms with van der Waals surface area (Å²) >= 11 is 0. The van der Waals surface area contributed by atoms with Crippen LogP contribution in [0, 0.1) is 17.1 Å². The van der Waals surface area contributed by atoms with E-state index in [4.69, 9.17) is 5.26 Å². The van der Waals surface area contributed by atoms with Crippen LogP contribution in [0.4, 0.5) is 14.9 Å². The molecule has 1 aromatic heterocycles. The highest BCUT2D eigenvalue weighted by Gasteiger charge is 2.31. The number of urea groups is 1. The molecule has 2 N–H and O–H groups in total. The molecule has 1 atom stereocenters. The number of hydrogen-bond acceptors (Lipinski definition) is 4. The van der Waals surface area contributed by atoms with Gasteiger partial charge in [-0.15, -0.1) is 0 Å². The van der Waals surface area contributed by atoms with Gasteiger partial charge in [0, 0.05) is 18.3 Å². The Morgan fingerprint density at radius 2 is 2.24 bits per heavy atom. The van der Waals surface area contributed by atoms with Gasteiger partial charge in [0.05, 0.1) is 24.1 Å². The minimum atomic E-state index is -1.15. The van der Waals surface area contributed by atoms with E-state index < -0.39 is 17.8 Å². The second kappa shape index (κ2) is 6.24. The van der Waals surface area contributed by atoms with E-state index in [0.717, 1.165) is 6.07 Å². The SMILES string of the molecule is CC1Cn2cnc(C(=O)O)c2CN1C(=O)Nc1ccc(F)c(C#N)c1. The lowest BCUT2D eigenvalue weighted by molar-refractivity contribution is 0.0686. The van der Waals surface area contributed by atoms with Gasteiger partial charge < -0.3 is 19.9 Å². The molecule has 8 nitrogen and oxygen atoms in total. The normalized spacial score (nSPS) is 16.0. The predicted molar refractivity (Wildman–Crippen MR) is 84.3 cm³/mol. The first-order chi connectivity index (χ1) is 11.9. The molecule has 0 bridgehead atoms. The van der Waals surface area contributed by atoms with Crippen LogP contribution in [-0.2, 0) is 13.1 Å². The van der Waals surface area contributed by atoms with Crippen molar-refractivity contribution in [3.05, 3.63) is 47.3 Å². The summed E-state index contributed by atoms with van der Waals surface area (Å²) in [6.07, 6.45) is 1.45. The molecule has 2 aromatic rings. The van der Waals surface area contributed by atoms with Crippen LogP contribution in [0.3, 0.4) is 0 Å². The number of nitrogens with one attached hydrogen (secondary N) is 1. The zero-order chi connectivity index (χ0) is 18.1. The Morgan fingerprint density at radius 3 is 2.92 bits per heavy atom. The minimum Gasteiger partial charge on any atom is -0.476 e. The van der Waals surface area contributed by atoms with Crippen molar-refractivity contribution in [2.24, 2.45) is 0 Å². The summed E-state index contributed by atoms with van der Waals surface area (Å²) < 4.78 is 15.1. The van der Waals surface area contributed by atoms with Gasteiger partial charge in [-0.3, -0.25) is 0 Å². The third-order valence-electron chi connectivity index (χ3n) is 4.06. The Balaban J connectivity index is 1.82. The first-order valence-corrected chi connectivity index (χ1v) is 7.45. The van der Waals surface area contributed by atoms with E-state index in [-0.39, 0.29) is 29.5 Å². The second-order valence-electron chi connectivity index (χ2n) is 5.71. The van der Waals surface area contributed by atoms with E-state index in [1.165, 1.54) is 23.4 Å². The van der Waals surface area contributed by atoms with Crippen molar-refractivity contribution >= 4 is 17.7 Å². The van der Waals surface area contributed by atoms with Crippen LogP contribution >= 0.6 is 0 Å². The van der Waals surface area contributed by atoms with Crippen LogP contribution in [0.1, 0.15) is 28.7 Å². The van der Waals surface area contributed by atoms with Gasteiger partial charge in [-0.25, -0.2) is 19.0 Å². The molecule has 0 radical (unpaired) electrons. The largest absolute Gasteiger partial charge is 0.476 e. The molecule has 0 fully saturated rings. The number of nitrogens with zero attached hydrogens (tertiary/aromatic N) is 4. The monoisotopic (exact) mass is 343 g/mol. The summed E-state index contributed by atoms with van der Waals surface area (Å²) in [6.45, 7) is 2.32. The summed E-state index contributed by atoms with van der Waals surface area (Å²) in [7, 11) is 0. The molecule has 1 unspecified atom stereocenters. The molecule has 0 saturated heterocycles. The fraction of sp³-hybridized carbons (Fsp3) is 0.250. The summed E-state index contributed by atoms with van der Waals surface area (Å²) in [5, 5.41) is 20.6. The third-order valence-corrected chi connectivity index (χ3v) is 4.06. The maximum Gasteiger partial charge on any atom is 0.356 e. The van der Waals surface area contributed by atoms with Crippen LogP contribution in [0.5, 0.6) is 0 Å². The molecular formula is C16H14FN5O3. The van der Waals surface area contributed by atoms with Crippen LogP contribution < -0.4 is 5.32 Å². The zero-order valence-corrected chi connectivity index (χ0v) is 13.2. The third kappa shape index (κ3) is 3.01. The molecule has 2 amide bonds. The minimum absolute atomic E-state index is 0.0843. The number of nitriles is 1. The number of carboxylic acids is 1. The number of carboxylic acid groups (broad SMARTS) is 1. The van der Waals surface area contributed by atoms with Gasteiger partial charge in [0.15, 0.2) is 5.69 Å². The van der Waals surface area contributed by atoms with Gasteiger partial charge in [-0.1, -0.05) is 0 Å². The molecule has 2 heterocycles. The number of amides is 2. The average Bonchev–Trinajstić information content (AvgIpc) is 2.98. The summed E-state index contributed by atoms with van der Waals surface area (Å²) in [5.74, 6) is -1.82. The van der Waals surface area contributed by atoms with Crippen molar-refractivity contribution in [3.63, 3.8) is 0 Å². The standard InChI is InChI=1S/C16H14FN5O3/c1-9-6-21-8-19-14(15(23)24)13(21)7-22(9)16(25)20-11-2-3-12(17)10(4-11)5-18/h2-4,8-9H,6-7H2,1H3,(H,20,25)(H,23,24). The molecule has 1 aliphatic heterocycles. The Bertz CT molecular complexity index is 902. The number of fused-ring (bicyclic) bond motifs is 1. The maximum absolute atomic E-state index is 13.4. The van der Waals surface area contributed by atoms with Crippen molar-refractivity contribution in [1.82, 2.24) is 14.5 Å². The van der Waals surface area contributed by atoms with E-state index in [2.05, 4.69) is 10.3 Å². The molecule has 0 aliphatic carbocycles. The lowest BCUT2D eigenvalue weighted by Crippen LogP contribution is -2.46. The number of aromatic nitrogens is 2. The van der Waals surface area contributed by atoms with Crippen LogP contribution in [0.15, 0.2) is 24.5 Å². The lowest BCUT2D eigenvalue weighted by atomic mass is 10.1. The lowest BCUT2D eigenvalue weighted by Gasteiger charge is -2.34. The van der Waals surface area contributed by atoms with Crippen molar-refractivity contribution in [2.75, 3.05) is 5.32 Å². The summed E-state index contributed by atoms with van der Waals surface area (Å²) in [4.78, 5) is 29.1. The van der Waals surface area contributed by atoms with E-state index >= 15 is 0 Å². The van der Waals surface area contributed by atoms with Crippen LogP contribution in [0.25, 0.3) is 0 Å². The highest BCUT2D eigenvalue weighted by molar-refractivity contribution is 5.90. The molecular weight excluding hydrogens is 329 g/mol. The van der Waals surface area contributed by atoms with Crippen molar-refractivity contribution < 1.29 is 19.1 Å². The van der Waals surface area contributed by atoms with Crippen molar-refractivity contribution in [1.29, 1.82) is 5.26 Å². The highest BCUT2D eigenvalue weighted by atomic mass is 19.1. The predicted octanol–water partition coefficient (Wildman–Crippen LogP) is 2.03. The number of carbonyl (C=O) groups is 2. The molecule has 25 heavy (non-hydrogen) atoms. The Kier molecular flexibility index (Phi) is 4.10. The second-order valence-corrected chi connectivity index (χ2v) is 5.71. The van der Waals surface area contributed by atoms with Gasteiger partial charge >= 0.3 is 12.0 Å². The Labute approximate surface area is 142 Å². The first-order valence-electron chi connectivity index (χ1n) is 7.45. The average molecular weight is 343 g/mol.